The number of pyridine rings is 1. The second-order valence-corrected chi connectivity index (χ2v) is 8.35. The Labute approximate surface area is 160 Å². The van der Waals surface area contributed by atoms with Crippen LogP contribution in [0.5, 0.6) is 0 Å². The van der Waals surface area contributed by atoms with Gasteiger partial charge >= 0.3 is 0 Å². The van der Waals surface area contributed by atoms with E-state index < -0.39 is 0 Å². The van der Waals surface area contributed by atoms with Crippen LogP contribution in [0.1, 0.15) is 44.2 Å². The lowest BCUT2D eigenvalue weighted by Crippen LogP contribution is -2.46. The molecule has 0 radical (unpaired) electrons. The van der Waals surface area contributed by atoms with Crippen LogP contribution in [0.4, 0.5) is 0 Å². The van der Waals surface area contributed by atoms with Gasteiger partial charge in [0.2, 0.25) is 5.91 Å². The van der Waals surface area contributed by atoms with Gasteiger partial charge in [0.05, 0.1) is 24.2 Å². The monoisotopic (exact) mass is 367 g/mol. The van der Waals surface area contributed by atoms with Crippen LogP contribution in [0.15, 0.2) is 36.5 Å². The van der Waals surface area contributed by atoms with Crippen LogP contribution in [0, 0.1) is 11.8 Å². The number of rotatable bonds is 5. The Bertz CT molecular complexity index is 795. The zero-order chi connectivity index (χ0) is 18.8. The van der Waals surface area contributed by atoms with Crippen molar-refractivity contribution in [1.82, 2.24) is 15.2 Å². The molecule has 1 aromatic carbocycles. The largest absolute Gasteiger partial charge is 0.393 e. The number of benzene rings is 1. The molecule has 27 heavy (non-hydrogen) atoms. The number of aliphatic hydroxyl groups excluding tert-OH is 1. The molecule has 4 rings (SSSR count). The molecule has 5 nitrogen and oxygen atoms in total. The minimum Gasteiger partial charge on any atom is -0.393 e. The molecule has 5 heteroatoms. The van der Waals surface area contributed by atoms with Crippen molar-refractivity contribution in [2.45, 2.75) is 44.8 Å². The number of hydrogen-bond acceptors (Lipinski definition) is 4. The molecule has 2 fully saturated rings. The fourth-order valence-electron chi connectivity index (χ4n) is 4.28. The first-order chi connectivity index (χ1) is 13.1. The van der Waals surface area contributed by atoms with Gasteiger partial charge in [-0.1, -0.05) is 25.1 Å². The summed E-state index contributed by atoms with van der Waals surface area (Å²) in [5.41, 5.74) is 1.99. The summed E-state index contributed by atoms with van der Waals surface area (Å²) in [5, 5.41) is 14.1. The Morgan fingerprint density at radius 3 is 2.78 bits per heavy atom. The van der Waals surface area contributed by atoms with E-state index >= 15 is 0 Å². The van der Waals surface area contributed by atoms with Crippen molar-refractivity contribution in [3.05, 3.63) is 42.1 Å². The molecule has 2 aromatic rings. The van der Waals surface area contributed by atoms with Crippen LogP contribution in [-0.4, -0.2) is 46.6 Å². The molecule has 0 unspecified atom stereocenters. The Balaban J connectivity index is 1.47. The van der Waals surface area contributed by atoms with Gasteiger partial charge in [0.15, 0.2) is 0 Å². The molecule has 1 atom stereocenters. The number of fused-ring (bicyclic) bond motifs is 1. The number of aliphatic hydroxyl groups is 1. The third-order valence-corrected chi connectivity index (χ3v) is 6.15. The number of para-hydroxylation sites is 1. The quantitative estimate of drug-likeness (QED) is 0.853. The van der Waals surface area contributed by atoms with Gasteiger partial charge in [0, 0.05) is 11.6 Å². The first-order valence-corrected chi connectivity index (χ1v) is 10.1. The molecular formula is C22H29N3O2. The Kier molecular flexibility index (Phi) is 5.41. The molecular weight excluding hydrogens is 338 g/mol. The minimum atomic E-state index is -0.244. The number of nitrogens with zero attached hydrogens (tertiary/aromatic N) is 2. The van der Waals surface area contributed by atoms with Gasteiger partial charge in [-0.05, 0) is 68.3 Å². The van der Waals surface area contributed by atoms with Crippen molar-refractivity contribution >= 4 is 16.8 Å². The maximum Gasteiger partial charge on any atom is 0.234 e. The van der Waals surface area contributed by atoms with Gasteiger partial charge in [-0.15, -0.1) is 0 Å². The normalized spacial score (nSPS) is 25.1. The minimum absolute atomic E-state index is 0.0732. The number of carbonyl (C=O) groups excluding carboxylic acids is 1. The number of piperidine rings is 1. The summed E-state index contributed by atoms with van der Waals surface area (Å²) in [4.78, 5) is 19.6. The fourth-order valence-corrected chi connectivity index (χ4v) is 4.28. The predicted octanol–water partition coefficient (Wildman–Crippen LogP) is 2.89. The molecule has 1 aliphatic carbocycles. The van der Waals surface area contributed by atoms with E-state index in [0.717, 1.165) is 48.3 Å². The van der Waals surface area contributed by atoms with E-state index in [9.17, 15) is 9.90 Å². The van der Waals surface area contributed by atoms with Crippen molar-refractivity contribution in [2.24, 2.45) is 11.8 Å². The first kappa shape index (κ1) is 18.4. The van der Waals surface area contributed by atoms with E-state index in [0.29, 0.717) is 6.54 Å². The summed E-state index contributed by atoms with van der Waals surface area (Å²) in [6.45, 7) is 4.74. The zero-order valence-electron chi connectivity index (χ0n) is 16.0. The number of hydrogen-bond donors (Lipinski definition) is 2. The highest BCUT2D eigenvalue weighted by Gasteiger charge is 2.36. The van der Waals surface area contributed by atoms with Crippen LogP contribution < -0.4 is 5.32 Å². The van der Waals surface area contributed by atoms with E-state index in [2.05, 4.69) is 34.3 Å². The summed E-state index contributed by atoms with van der Waals surface area (Å²) in [7, 11) is 0. The van der Waals surface area contributed by atoms with Crippen molar-refractivity contribution in [1.29, 1.82) is 0 Å². The van der Waals surface area contributed by atoms with Gasteiger partial charge < -0.3 is 10.4 Å². The SMILES string of the molecule is CC1CCN(CC(=O)N[C@H](c2cnc3ccccc3c2)C2CC(O)C2)CC1. The Hall–Kier alpha value is -1.98. The highest BCUT2D eigenvalue weighted by atomic mass is 16.3. The summed E-state index contributed by atoms with van der Waals surface area (Å²) in [6, 6.07) is 10.1. The van der Waals surface area contributed by atoms with Crippen LogP contribution >= 0.6 is 0 Å². The molecule has 144 valence electrons. The fraction of sp³-hybridized carbons (Fsp3) is 0.545. The second kappa shape index (κ2) is 7.95. The zero-order valence-corrected chi connectivity index (χ0v) is 16.0. The number of likely N-dealkylation sites (tertiary alicyclic amines) is 1. The van der Waals surface area contributed by atoms with E-state index in [-0.39, 0.29) is 24.0 Å². The second-order valence-electron chi connectivity index (χ2n) is 8.35. The summed E-state index contributed by atoms with van der Waals surface area (Å²) in [5.74, 6) is 1.11. The van der Waals surface area contributed by atoms with Crippen molar-refractivity contribution in [3.8, 4) is 0 Å². The molecule has 2 aliphatic rings. The molecule has 1 amide bonds. The number of aromatic nitrogens is 1. The van der Waals surface area contributed by atoms with Gasteiger partial charge in [-0.25, -0.2) is 0 Å². The summed E-state index contributed by atoms with van der Waals surface area (Å²) >= 11 is 0. The number of nitrogens with one attached hydrogen (secondary N) is 1. The molecule has 0 spiro atoms. The number of carbonyl (C=O) groups is 1. The highest BCUT2D eigenvalue weighted by molar-refractivity contribution is 5.80. The van der Waals surface area contributed by atoms with Crippen LogP contribution in [0.2, 0.25) is 0 Å². The van der Waals surface area contributed by atoms with Crippen molar-refractivity contribution in [2.75, 3.05) is 19.6 Å². The first-order valence-electron chi connectivity index (χ1n) is 10.1. The molecule has 1 aliphatic heterocycles. The molecule has 1 saturated heterocycles. The maximum absolute atomic E-state index is 12.7. The van der Waals surface area contributed by atoms with Gasteiger partial charge in [-0.2, -0.15) is 0 Å². The lowest BCUT2D eigenvalue weighted by atomic mass is 9.75. The topological polar surface area (TPSA) is 65.5 Å². The predicted molar refractivity (Wildman–Crippen MR) is 106 cm³/mol. The third-order valence-electron chi connectivity index (χ3n) is 6.15. The Morgan fingerprint density at radius 2 is 2.04 bits per heavy atom. The number of amides is 1. The molecule has 1 saturated carbocycles. The molecule has 0 bridgehead atoms. The lowest BCUT2D eigenvalue weighted by Gasteiger charge is -2.38. The lowest BCUT2D eigenvalue weighted by molar-refractivity contribution is -0.124. The van der Waals surface area contributed by atoms with E-state index in [1.807, 2.05) is 24.4 Å². The van der Waals surface area contributed by atoms with Crippen molar-refractivity contribution in [3.63, 3.8) is 0 Å². The standard InChI is InChI=1S/C22H29N3O2/c1-15-6-8-25(9-7-15)14-21(27)24-22(17-11-19(26)12-17)18-10-16-4-2-3-5-20(16)23-13-18/h2-5,10,13,15,17,19,22,26H,6-9,11-12,14H2,1H3,(H,24,27)/t17?,19?,22-/m0/s1. The Morgan fingerprint density at radius 1 is 1.30 bits per heavy atom. The molecule has 2 N–H and O–H groups in total. The summed E-state index contributed by atoms with van der Waals surface area (Å²) in [6.07, 6.45) is 5.44. The van der Waals surface area contributed by atoms with Crippen molar-refractivity contribution < 1.29 is 9.90 Å². The average molecular weight is 367 g/mol. The van der Waals surface area contributed by atoms with Gasteiger partial charge in [-0.3, -0.25) is 14.7 Å². The van der Waals surface area contributed by atoms with E-state index in [4.69, 9.17) is 0 Å². The van der Waals surface area contributed by atoms with Crippen LogP contribution in [0.25, 0.3) is 10.9 Å². The van der Waals surface area contributed by atoms with Gasteiger partial charge in [0.25, 0.3) is 0 Å². The smallest absolute Gasteiger partial charge is 0.234 e. The molecule has 1 aromatic heterocycles. The van der Waals surface area contributed by atoms with E-state index in [1.165, 1.54) is 12.8 Å². The highest BCUT2D eigenvalue weighted by Crippen LogP contribution is 2.38. The summed E-state index contributed by atoms with van der Waals surface area (Å²) < 4.78 is 0. The average Bonchev–Trinajstić information content (AvgIpc) is 2.65. The van der Waals surface area contributed by atoms with Crippen LogP contribution in [0.3, 0.4) is 0 Å². The van der Waals surface area contributed by atoms with E-state index in [1.54, 1.807) is 0 Å². The van der Waals surface area contributed by atoms with Gasteiger partial charge in [0.1, 0.15) is 0 Å². The van der Waals surface area contributed by atoms with Crippen LogP contribution in [-0.2, 0) is 4.79 Å². The maximum atomic E-state index is 12.7. The molecule has 2 heterocycles. The third kappa shape index (κ3) is 4.30.